The van der Waals surface area contributed by atoms with Crippen LogP contribution in [0.2, 0.25) is 0 Å². The fourth-order valence-electron chi connectivity index (χ4n) is 2.22. The molecule has 0 saturated heterocycles. The molecule has 0 spiro atoms. The Hall–Kier alpha value is -1.78. The topological polar surface area (TPSA) is 25.2 Å². The highest BCUT2D eigenvalue weighted by Gasteiger charge is 2.15. The maximum Gasteiger partial charge on any atom is 0.134 e. The lowest BCUT2D eigenvalue weighted by Crippen LogP contribution is -2.17. The molecule has 2 aromatic carbocycles. The highest BCUT2D eigenvalue weighted by atomic mass is 32.2. The number of hydrogen-bond acceptors (Lipinski definition) is 3. The van der Waals surface area contributed by atoms with Gasteiger partial charge >= 0.3 is 0 Å². The van der Waals surface area contributed by atoms with Gasteiger partial charge in [-0.15, -0.1) is 11.8 Å². The SMILES string of the molecule is CNC(CSc1cccc(F)c1)c1cc2ccccc2o1. The van der Waals surface area contributed by atoms with Gasteiger partial charge in [0.1, 0.15) is 17.2 Å². The Bertz CT molecular complexity index is 707. The second kappa shape index (κ2) is 6.33. The van der Waals surface area contributed by atoms with E-state index in [4.69, 9.17) is 4.42 Å². The third-order valence-electron chi connectivity index (χ3n) is 3.35. The molecule has 0 aliphatic rings. The maximum atomic E-state index is 13.2. The normalized spacial score (nSPS) is 12.7. The van der Waals surface area contributed by atoms with Gasteiger partial charge in [-0.1, -0.05) is 24.3 Å². The molecule has 1 atom stereocenters. The minimum absolute atomic E-state index is 0.0886. The molecule has 0 aliphatic heterocycles. The molecule has 21 heavy (non-hydrogen) atoms. The molecular weight excluding hydrogens is 285 g/mol. The smallest absolute Gasteiger partial charge is 0.134 e. The molecule has 4 heteroatoms. The van der Waals surface area contributed by atoms with E-state index in [-0.39, 0.29) is 11.9 Å². The first-order chi connectivity index (χ1) is 10.3. The molecule has 1 unspecified atom stereocenters. The van der Waals surface area contributed by atoms with Crippen LogP contribution in [-0.4, -0.2) is 12.8 Å². The number of halogens is 1. The van der Waals surface area contributed by atoms with E-state index in [0.717, 1.165) is 27.4 Å². The number of rotatable bonds is 5. The average molecular weight is 301 g/mol. The Kier molecular flexibility index (Phi) is 4.27. The van der Waals surface area contributed by atoms with Crippen molar-refractivity contribution in [1.29, 1.82) is 0 Å². The predicted octanol–water partition coefficient (Wildman–Crippen LogP) is 4.62. The van der Waals surface area contributed by atoms with Crippen LogP contribution in [0.4, 0.5) is 4.39 Å². The monoisotopic (exact) mass is 301 g/mol. The van der Waals surface area contributed by atoms with Gasteiger partial charge in [0.2, 0.25) is 0 Å². The van der Waals surface area contributed by atoms with Crippen LogP contribution < -0.4 is 5.32 Å². The third-order valence-corrected chi connectivity index (χ3v) is 4.44. The van der Waals surface area contributed by atoms with Gasteiger partial charge in [-0.3, -0.25) is 0 Å². The summed E-state index contributed by atoms with van der Waals surface area (Å²) < 4.78 is 19.1. The van der Waals surface area contributed by atoms with Crippen LogP contribution in [0, 0.1) is 5.82 Å². The standard InChI is InChI=1S/C17H16FNOS/c1-19-15(11-21-14-7-4-6-13(18)10-14)17-9-12-5-2-3-8-16(12)20-17/h2-10,15,19H,11H2,1H3. The van der Waals surface area contributed by atoms with E-state index < -0.39 is 0 Å². The summed E-state index contributed by atoms with van der Waals surface area (Å²) in [5.41, 5.74) is 0.892. The first-order valence-corrected chi connectivity index (χ1v) is 7.79. The van der Waals surface area contributed by atoms with Crippen LogP contribution in [0.15, 0.2) is 63.9 Å². The fraction of sp³-hybridized carbons (Fsp3) is 0.176. The molecule has 0 bridgehead atoms. The van der Waals surface area contributed by atoms with Crippen LogP contribution >= 0.6 is 11.8 Å². The summed E-state index contributed by atoms with van der Waals surface area (Å²) in [5.74, 6) is 1.48. The lowest BCUT2D eigenvalue weighted by Gasteiger charge is -2.13. The molecule has 0 radical (unpaired) electrons. The van der Waals surface area contributed by atoms with Crippen molar-refractivity contribution in [3.05, 3.63) is 66.2 Å². The quantitative estimate of drug-likeness (QED) is 0.696. The lowest BCUT2D eigenvalue weighted by molar-refractivity contribution is 0.479. The first kappa shape index (κ1) is 14.2. The van der Waals surface area contributed by atoms with Crippen LogP contribution in [0.5, 0.6) is 0 Å². The maximum absolute atomic E-state index is 13.2. The number of furan rings is 1. The molecule has 3 rings (SSSR count). The van der Waals surface area contributed by atoms with Gasteiger partial charge < -0.3 is 9.73 Å². The van der Waals surface area contributed by atoms with Crippen molar-refractivity contribution in [2.75, 3.05) is 12.8 Å². The molecule has 2 nitrogen and oxygen atoms in total. The van der Waals surface area contributed by atoms with E-state index in [2.05, 4.69) is 11.4 Å². The van der Waals surface area contributed by atoms with E-state index in [1.165, 1.54) is 6.07 Å². The minimum Gasteiger partial charge on any atom is -0.459 e. The van der Waals surface area contributed by atoms with E-state index in [1.807, 2.05) is 37.4 Å². The van der Waals surface area contributed by atoms with Crippen LogP contribution in [-0.2, 0) is 0 Å². The van der Waals surface area contributed by atoms with Gasteiger partial charge in [0.15, 0.2) is 0 Å². The van der Waals surface area contributed by atoms with E-state index in [0.29, 0.717) is 0 Å². The predicted molar refractivity (Wildman–Crippen MR) is 85.1 cm³/mol. The molecule has 0 amide bonds. The van der Waals surface area contributed by atoms with Gasteiger partial charge in [-0.25, -0.2) is 4.39 Å². The number of benzene rings is 2. The lowest BCUT2D eigenvalue weighted by atomic mass is 10.2. The van der Waals surface area contributed by atoms with Crippen molar-refractivity contribution in [3.63, 3.8) is 0 Å². The van der Waals surface area contributed by atoms with Crippen LogP contribution in [0.1, 0.15) is 11.8 Å². The second-order valence-corrected chi connectivity index (χ2v) is 5.89. The Morgan fingerprint density at radius 1 is 1.14 bits per heavy atom. The number of thioether (sulfide) groups is 1. The van der Waals surface area contributed by atoms with Gasteiger partial charge in [-0.05, 0) is 37.4 Å². The minimum atomic E-state index is -0.204. The zero-order valence-electron chi connectivity index (χ0n) is 11.7. The third kappa shape index (κ3) is 3.28. The van der Waals surface area contributed by atoms with Gasteiger partial charge in [0.25, 0.3) is 0 Å². The summed E-state index contributed by atoms with van der Waals surface area (Å²) in [6, 6.07) is 16.8. The first-order valence-electron chi connectivity index (χ1n) is 6.80. The van der Waals surface area contributed by atoms with Crippen molar-refractivity contribution in [1.82, 2.24) is 5.32 Å². The van der Waals surface area contributed by atoms with Crippen molar-refractivity contribution in [2.24, 2.45) is 0 Å². The zero-order valence-corrected chi connectivity index (χ0v) is 12.5. The molecule has 1 aromatic heterocycles. The van der Waals surface area contributed by atoms with Crippen molar-refractivity contribution < 1.29 is 8.81 Å². The molecule has 3 aromatic rings. The molecule has 0 fully saturated rings. The molecule has 0 aliphatic carbocycles. The van der Waals surface area contributed by atoms with Crippen LogP contribution in [0.3, 0.4) is 0 Å². The zero-order chi connectivity index (χ0) is 14.7. The fourth-order valence-corrected chi connectivity index (χ4v) is 3.28. The summed E-state index contributed by atoms with van der Waals surface area (Å²) in [7, 11) is 1.91. The Labute approximate surface area is 127 Å². The number of nitrogens with one attached hydrogen (secondary N) is 1. The summed E-state index contributed by atoms with van der Waals surface area (Å²) in [6.07, 6.45) is 0. The Morgan fingerprint density at radius 3 is 2.76 bits per heavy atom. The van der Waals surface area contributed by atoms with E-state index in [9.17, 15) is 4.39 Å². The molecule has 108 valence electrons. The Balaban J connectivity index is 1.75. The van der Waals surface area contributed by atoms with Gasteiger partial charge in [0, 0.05) is 16.0 Å². The van der Waals surface area contributed by atoms with Crippen molar-refractivity contribution in [3.8, 4) is 0 Å². The largest absolute Gasteiger partial charge is 0.459 e. The highest BCUT2D eigenvalue weighted by Crippen LogP contribution is 2.28. The molecule has 0 saturated carbocycles. The second-order valence-electron chi connectivity index (χ2n) is 4.80. The van der Waals surface area contributed by atoms with Crippen molar-refractivity contribution in [2.45, 2.75) is 10.9 Å². The average Bonchev–Trinajstić information content (AvgIpc) is 2.91. The van der Waals surface area contributed by atoms with Gasteiger partial charge in [0.05, 0.1) is 6.04 Å². The van der Waals surface area contributed by atoms with E-state index >= 15 is 0 Å². The Morgan fingerprint density at radius 2 is 2.00 bits per heavy atom. The number of para-hydroxylation sites is 1. The summed E-state index contributed by atoms with van der Waals surface area (Å²) in [5, 5.41) is 4.36. The van der Waals surface area contributed by atoms with Gasteiger partial charge in [-0.2, -0.15) is 0 Å². The highest BCUT2D eigenvalue weighted by molar-refractivity contribution is 7.99. The number of fused-ring (bicyclic) bond motifs is 1. The van der Waals surface area contributed by atoms with Crippen LogP contribution in [0.25, 0.3) is 11.0 Å². The van der Waals surface area contributed by atoms with E-state index in [1.54, 1.807) is 23.9 Å². The molecule has 1 heterocycles. The number of hydrogen-bond donors (Lipinski definition) is 1. The van der Waals surface area contributed by atoms with Crippen molar-refractivity contribution >= 4 is 22.7 Å². The summed E-state index contributed by atoms with van der Waals surface area (Å²) in [4.78, 5) is 0.923. The molecule has 1 N–H and O–H groups in total. The summed E-state index contributed by atoms with van der Waals surface area (Å²) in [6.45, 7) is 0. The molecular formula is C17H16FNOS. The summed E-state index contributed by atoms with van der Waals surface area (Å²) >= 11 is 1.61.